The molecule has 1 heterocycles. The van der Waals surface area contributed by atoms with E-state index < -0.39 is 17.2 Å². The largest absolute Gasteiger partial charge is 0.416 e. The van der Waals surface area contributed by atoms with Crippen LogP contribution in [0.3, 0.4) is 0 Å². The molecule has 1 rings (SSSR count). The summed E-state index contributed by atoms with van der Waals surface area (Å²) in [6.45, 7) is 3.32. The number of rotatable bonds is 2. The van der Waals surface area contributed by atoms with Crippen LogP contribution in [0.2, 0.25) is 0 Å². The number of alkyl halides is 3. The summed E-state index contributed by atoms with van der Waals surface area (Å²) in [7, 11) is 0. The molecular formula is C11H11F3N2. The molecule has 0 amide bonds. The topological polar surface area (TPSA) is 36.7 Å². The van der Waals surface area contributed by atoms with Crippen LogP contribution >= 0.6 is 0 Å². The van der Waals surface area contributed by atoms with Gasteiger partial charge in [0.25, 0.3) is 0 Å². The van der Waals surface area contributed by atoms with E-state index in [0.717, 1.165) is 18.3 Å². The molecule has 5 heteroatoms. The minimum absolute atomic E-state index is 0.160. The highest BCUT2D eigenvalue weighted by Crippen LogP contribution is 2.32. The number of nitrogens with zero attached hydrogens (tertiary/aromatic N) is 2. The van der Waals surface area contributed by atoms with Gasteiger partial charge in [-0.3, -0.25) is 4.98 Å². The van der Waals surface area contributed by atoms with E-state index in [1.54, 1.807) is 13.8 Å². The molecule has 0 N–H and O–H groups in total. The van der Waals surface area contributed by atoms with Gasteiger partial charge in [-0.2, -0.15) is 18.4 Å². The average Bonchev–Trinajstić information content (AvgIpc) is 2.27. The van der Waals surface area contributed by atoms with Crippen molar-refractivity contribution in [2.24, 2.45) is 0 Å². The normalized spacial score (nSPS) is 15.2. The molecule has 1 atom stereocenters. The molecule has 1 aromatic rings. The highest BCUT2D eigenvalue weighted by Gasteiger charge is 2.33. The van der Waals surface area contributed by atoms with Gasteiger partial charge in [0.15, 0.2) is 0 Å². The van der Waals surface area contributed by atoms with E-state index in [0.29, 0.717) is 6.42 Å². The Kier molecular flexibility index (Phi) is 3.22. The maximum Gasteiger partial charge on any atom is 0.416 e. The van der Waals surface area contributed by atoms with Crippen molar-refractivity contribution in [1.82, 2.24) is 4.98 Å². The van der Waals surface area contributed by atoms with Gasteiger partial charge in [0.2, 0.25) is 0 Å². The fourth-order valence-corrected chi connectivity index (χ4v) is 1.23. The number of halogens is 3. The van der Waals surface area contributed by atoms with Crippen molar-refractivity contribution in [1.29, 1.82) is 5.26 Å². The zero-order valence-electron chi connectivity index (χ0n) is 8.97. The molecule has 0 bridgehead atoms. The van der Waals surface area contributed by atoms with Gasteiger partial charge < -0.3 is 0 Å². The smallest absolute Gasteiger partial charge is 0.260 e. The molecule has 86 valence electrons. The van der Waals surface area contributed by atoms with Gasteiger partial charge in [0, 0.05) is 6.20 Å². The van der Waals surface area contributed by atoms with Gasteiger partial charge in [-0.05, 0) is 25.5 Å². The van der Waals surface area contributed by atoms with Crippen molar-refractivity contribution < 1.29 is 13.2 Å². The first-order valence-electron chi connectivity index (χ1n) is 4.78. The van der Waals surface area contributed by atoms with Crippen molar-refractivity contribution in [3.63, 3.8) is 0 Å². The van der Waals surface area contributed by atoms with E-state index in [2.05, 4.69) is 4.98 Å². The first kappa shape index (κ1) is 12.5. The summed E-state index contributed by atoms with van der Waals surface area (Å²) >= 11 is 0. The average molecular weight is 228 g/mol. The van der Waals surface area contributed by atoms with Gasteiger partial charge >= 0.3 is 6.18 Å². The van der Waals surface area contributed by atoms with Crippen molar-refractivity contribution >= 4 is 0 Å². The van der Waals surface area contributed by atoms with Crippen LogP contribution in [-0.2, 0) is 11.6 Å². The van der Waals surface area contributed by atoms with Crippen molar-refractivity contribution in [2.75, 3.05) is 0 Å². The molecule has 0 aliphatic rings. The van der Waals surface area contributed by atoms with Crippen LogP contribution in [0.5, 0.6) is 0 Å². The molecule has 0 spiro atoms. The molecule has 0 saturated heterocycles. The highest BCUT2D eigenvalue weighted by molar-refractivity contribution is 5.29. The third kappa shape index (κ3) is 2.32. The van der Waals surface area contributed by atoms with Crippen LogP contribution in [0.15, 0.2) is 18.3 Å². The third-order valence-corrected chi connectivity index (χ3v) is 2.61. The van der Waals surface area contributed by atoms with Gasteiger partial charge in [-0.25, -0.2) is 0 Å². The number of pyridine rings is 1. The second-order valence-corrected chi connectivity index (χ2v) is 3.72. The predicted octanol–water partition coefficient (Wildman–Crippen LogP) is 3.29. The molecule has 0 saturated carbocycles. The number of nitriles is 1. The minimum atomic E-state index is -4.40. The SMILES string of the molecule is CCC(C)(C#N)c1cc(C(F)(F)F)ccn1. The Morgan fingerprint density at radius 1 is 1.44 bits per heavy atom. The zero-order chi connectivity index (χ0) is 12.4. The van der Waals surface area contributed by atoms with Gasteiger partial charge in [-0.1, -0.05) is 6.92 Å². The lowest BCUT2D eigenvalue weighted by Crippen LogP contribution is -2.21. The molecule has 0 aliphatic heterocycles. The van der Waals surface area contributed by atoms with Crippen LogP contribution in [-0.4, -0.2) is 4.98 Å². The Labute approximate surface area is 91.7 Å². The lowest BCUT2D eigenvalue weighted by molar-refractivity contribution is -0.137. The standard InChI is InChI=1S/C11H11F3N2/c1-3-10(2,7-15)9-6-8(4-5-16-9)11(12,13)14/h4-6H,3H2,1-2H3. The molecular weight excluding hydrogens is 217 g/mol. The van der Waals surface area contributed by atoms with Crippen LogP contribution in [0.4, 0.5) is 13.2 Å². The molecule has 0 aliphatic carbocycles. The van der Waals surface area contributed by atoms with E-state index in [1.165, 1.54) is 0 Å². The highest BCUT2D eigenvalue weighted by atomic mass is 19.4. The lowest BCUT2D eigenvalue weighted by Gasteiger charge is -2.19. The second kappa shape index (κ2) is 4.12. The van der Waals surface area contributed by atoms with Gasteiger partial charge in [-0.15, -0.1) is 0 Å². The lowest BCUT2D eigenvalue weighted by atomic mass is 9.85. The van der Waals surface area contributed by atoms with Gasteiger partial charge in [0.1, 0.15) is 0 Å². The first-order valence-corrected chi connectivity index (χ1v) is 4.78. The zero-order valence-corrected chi connectivity index (χ0v) is 8.97. The monoisotopic (exact) mass is 228 g/mol. The summed E-state index contributed by atoms with van der Waals surface area (Å²) in [6.07, 6.45) is -2.90. The van der Waals surface area contributed by atoms with E-state index in [1.807, 2.05) is 6.07 Å². The fraction of sp³-hybridized carbons (Fsp3) is 0.455. The maximum absolute atomic E-state index is 12.5. The predicted molar refractivity (Wildman–Crippen MR) is 52.5 cm³/mol. The summed E-state index contributed by atoms with van der Waals surface area (Å²) in [4.78, 5) is 3.84. The van der Waals surface area contributed by atoms with E-state index in [4.69, 9.17) is 5.26 Å². The summed E-state index contributed by atoms with van der Waals surface area (Å²) in [5.41, 5.74) is -1.58. The van der Waals surface area contributed by atoms with Crippen LogP contribution < -0.4 is 0 Å². The van der Waals surface area contributed by atoms with Crippen LogP contribution in [0.1, 0.15) is 31.5 Å². The Bertz CT molecular complexity index is 420. The molecule has 0 fully saturated rings. The van der Waals surface area contributed by atoms with E-state index in [9.17, 15) is 13.2 Å². The maximum atomic E-state index is 12.5. The quantitative estimate of drug-likeness (QED) is 0.778. The Morgan fingerprint density at radius 2 is 2.06 bits per heavy atom. The Balaban J connectivity index is 3.24. The molecule has 0 aromatic carbocycles. The number of hydrogen-bond donors (Lipinski definition) is 0. The van der Waals surface area contributed by atoms with Crippen molar-refractivity contribution in [3.05, 3.63) is 29.6 Å². The summed E-state index contributed by atoms with van der Waals surface area (Å²) in [5.74, 6) is 0. The molecule has 16 heavy (non-hydrogen) atoms. The molecule has 0 radical (unpaired) electrons. The summed E-state index contributed by atoms with van der Waals surface area (Å²) in [6, 6.07) is 3.83. The van der Waals surface area contributed by atoms with Gasteiger partial charge in [0.05, 0.1) is 22.7 Å². The Morgan fingerprint density at radius 3 is 2.50 bits per heavy atom. The minimum Gasteiger partial charge on any atom is -0.260 e. The van der Waals surface area contributed by atoms with Crippen LogP contribution in [0, 0.1) is 11.3 Å². The van der Waals surface area contributed by atoms with Crippen molar-refractivity contribution in [2.45, 2.75) is 31.9 Å². The Hall–Kier alpha value is -1.57. The summed E-state index contributed by atoms with van der Waals surface area (Å²) < 4.78 is 37.4. The fourth-order valence-electron chi connectivity index (χ4n) is 1.23. The van der Waals surface area contributed by atoms with E-state index >= 15 is 0 Å². The molecule has 1 unspecified atom stereocenters. The first-order chi connectivity index (χ1) is 7.33. The number of aromatic nitrogens is 1. The number of hydrogen-bond acceptors (Lipinski definition) is 2. The summed E-state index contributed by atoms with van der Waals surface area (Å²) in [5, 5.41) is 8.96. The molecule has 1 aromatic heterocycles. The van der Waals surface area contributed by atoms with E-state index in [-0.39, 0.29) is 5.69 Å². The third-order valence-electron chi connectivity index (χ3n) is 2.61. The van der Waals surface area contributed by atoms with Crippen molar-refractivity contribution in [3.8, 4) is 6.07 Å². The second-order valence-electron chi connectivity index (χ2n) is 3.72. The molecule has 2 nitrogen and oxygen atoms in total. The van der Waals surface area contributed by atoms with Crippen LogP contribution in [0.25, 0.3) is 0 Å².